The molecule has 3 aromatic rings. The van der Waals surface area contributed by atoms with Crippen molar-refractivity contribution in [2.75, 3.05) is 17.1 Å². The van der Waals surface area contributed by atoms with Gasteiger partial charge in [0, 0.05) is 42.6 Å². The van der Waals surface area contributed by atoms with Crippen LogP contribution in [0.4, 0.5) is 10.1 Å². The van der Waals surface area contributed by atoms with E-state index in [4.69, 9.17) is 11.6 Å². The van der Waals surface area contributed by atoms with Gasteiger partial charge in [0.1, 0.15) is 11.9 Å². The summed E-state index contributed by atoms with van der Waals surface area (Å²) in [6.07, 6.45) is 2.19. The van der Waals surface area contributed by atoms with E-state index in [1.54, 1.807) is 42.5 Å². The Bertz CT molecular complexity index is 1400. The van der Waals surface area contributed by atoms with Crippen LogP contribution in [0.15, 0.2) is 78.9 Å². The first-order valence-corrected chi connectivity index (χ1v) is 15.8. The molecule has 41 heavy (non-hydrogen) atoms. The van der Waals surface area contributed by atoms with Gasteiger partial charge in [-0.3, -0.25) is 13.9 Å². The summed E-state index contributed by atoms with van der Waals surface area (Å²) in [6.45, 7) is 3.77. The van der Waals surface area contributed by atoms with Crippen LogP contribution in [0.2, 0.25) is 5.02 Å². The Balaban J connectivity index is 1.89. The maximum Gasteiger partial charge on any atom is 0.243 e. The van der Waals surface area contributed by atoms with Crippen LogP contribution < -0.4 is 9.62 Å². The van der Waals surface area contributed by atoms with Crippen molar-refractivity contribution in [1.29, 1.82) is 0 Å². The summed E-state index contributed by atoms with van der Waals surface area (Å²) in [5.41, 5.74) is 1.57. The molecule has 0 saturated carbocycles. The first-order chi connectivity index (χ1) is 19.5. The molecule has 3 aromatic carbocycles. The lowest BCUT2D eigenvalue weighted by atomic mass is 10.0. The third-order valence-electron chi connectivity index (χ3n) is 6.84. The van der Waals surface area contributed by atoms with Crippen LogP contribution in [0.3, 0.4) is 0 Å². The van der Waals surface area contributed by atoms with Gasteiger partial charge in [0.15, 0.2) is 0 Å². The van der Waals surface area contributed by atoms with Crippen molar-refractivity contribution in [2.24, 2.45) is 0 Å². The largest absolute Gasteiger partial charge is 0.352 e. The number of sulfonamides is 1. The van der Waals surface area contributed by atoms with E-state index in [9.17, 15) is 22.4 Å². The summed E-state index contributed by atoms with van der Waals surface area (Å²) >= 11 is 5.97. The molecule has 0 aromatic heterocycles. The molecule has 0 heterocycles. The maximum atomic E-state index is 14.8. The molecule has 220 valence electrons. The topological polar surface area (TPSA) is 86.8 Å². The number of hydrogen-bond donors (Lipinski definition) is 1. The number of anilines is 1. The number of amides is 2. The predicted octanol–water partition coefficient (Wildman–Crippen LogP) is 5.58. The fourth-order valence-corrected chi connectivity index (χ4v) is 5.51. The van der Waals surface area contributed by atoms with Gasteiger partial charge in [-0.2, -0.15) is 0 Å². The highest BCUT2D eigenvalue weighted by atomic mass is 35.5. The van der Waals surface area contributed by atoms with Crippen molar-refractivity contribution in [3.63, 3.8) is 0 Å². The molecule has 10 heteroatoms. The van der Waals surface area contributed by atoms with Gasteiger partial charge in [0.2, 0.25) is 21.8 Å². The van der Waals surface area contributed by atoms with Crippen molar-refractivity contribution in [3.8, 4) is 0 Å². The molecule has 0 aliphatic heterocycles. The highest BCUT2D eigenvalue weighted by Gasteiger charge is 2.31. The van der Waals surface area contributed by atoms with E-state index < -0.39 is 21.9 Å². The molecule has 0 radical (unpaired) electrons. The molecular weight excluding hydrogens is 565 g/mol. The van der Waals surface area contributed by atoms with Gasteiger partial charge in [-0.15, -0.1) is 0 Å². The SMILES string of the molecule is CC[C@@H](C)NC(=O)[C@@H](Cc1ccccc1)N(Cc1ccccc1F)C(=O)CCCN(c1ccc(Cl)cc1)S(C)(=O)=O. The lowest BCUT2D eigenvalue weighted by Crippen LogP contribution is -2.52. The second-order valence-corrected chi connectivity index (χ2v) is 12.4. The summed E-state index contributed by atoms with van der Waals surface area (Å²) in [7, 11) is -3.64. The number of carbonyl (C=O) groups is 2. The first kappa shape index (κ1) is 32.1. The predicted molar refractivity (Wildman–Crippen MR) is 162 cm³/mol. The van der Waals surface area contributed by atoms with E-state index >= 15 is 0 Å². The Hall–Kier alpha value is -3.43. The molecule has 0 aliphatic rings. The second kappa shape index (κ2) is 15.0. The molecule has 7 nitrogen and oxygen atoms in total. The van der Waals surface area contributed by atoms with Gasteiger partial charge >= 0.3 is 0 Å². The molecule has 2 atom stereocenters. The molecule has 2 amide bonds. The van der Waals surface area contributed by atoms with Crippen LogP contribution in [-0.2, 0) is 32.6 Å². The Morgan fingerprint density at radius 2 is 1.61 bits per heavy atom. The average molecular weight is 602 g/mol. The molecule has 0 saturated heterocycles. The fourth-order valence-electron chi connectivity index (χ4n) is 4.42. The Kier molecular flexibility index (Phi) is 11.7. The van der Waals surface area contributed by atoms with Gasteiger partial charge < -0.3 is 10.2 Å². The molecule has 0 bridgehead atoms. The summed E-state index contributed by atoms with van der Waals surface area (Å²) in [4.78, 5) is 28.8. The van der Waals surface area contributed by atoms with Crippen LogP contribution in [0.1, 0.15) is 44.2 Å². The van der Waals surface area contributed by atoms with Crippen molar-refractivity contribution in [2.45, 2.75) is 58.2 Å². The van der Waals surface area contributed by atoms with Gasteiger partial charge in [0.25, 0.3) is 0 Å². The standard InChI is InChI=1S/C31H37ClFN3O4S/c1-4-23(2)34-31(38)29(21-24-11-6-5-7-12-24)35(22-25-13-8-9-14-28(25)33)30(37)15-10-20-36(41(3,39)40)27-18-16-26(32)17-19-27/h5-9,11-14,16-19,23,29H,4,10,15,20-22H2,1-3H3,(H,34,38)/t23-,29-/m1/s1. The highest BCUT2D eigenvalue weighted by molar-refractivity contribution is 7.92. The van der Waals surface area contributed by atoms with Gasteiger partial charge in [0.05, 0.1) is 11.9 Å². The van der Waals surface area contributed by atoms with Crippen molar-refractivity contribution in [1.82, 2.24) is 10.2 Å². The number of nitrogens with zero attached hydrogens (tertiary/aromatic N) is 2. The molecule has 3 rings (SSSR count). The van der Waals surface area contributed by atoms with E-state index in [0.29, 0.717) is 17.1 Å². The summed E-state index contributed by atoms with van der Waals surface area (Å²) < 4.78 is 41.1. The van der Waals surface area contributed by atoms with E-state index in [2.05, 4.69) is 5.32 Å². The Labute approximate surface area is 247 Å². The molecule has 1 N–H and O–H groups in total. The molecule has 0 aliphatic carbocycles. The Morgan fingerprint density at radius 1 is 0.976 bits per heavy atom. The lowest BCUT2D eigenvalue weighted by molar-refractivity contribution is -0.141. The Morgan fingerprint density at radius 3 is 2.22 bits per heavy atom. The molecule has 0 fully saturated rings. The summed E-state index contributed by atoms with van der Waals surface area (Å²) in [6, 6.07) is 20.9. The zero-order valence-corrected chi connectivity index (χ0v) is 25.2. The maximum absolute atomic E-state index is 14.8. The number of nitrogens with one attached hydrogen (secondary N) is 1. The van der Waals surface area contributed by atoms with Gasteiger partial charge in [-0.1, -0.05) is 67.1 Å². The smallest absolute Gasteiger partial charge is 0.243 e. The number of rotatable bonds is 14. The minimum absolute atomic E-state index is 0.0438. The fraction of sp³-hybridized carbons (Fsp3) is 0.355. The van der Waals surface area contributed by atoms with Gasteiger partial charge in [-0.25, -0.2) is 12.8 Å². The van der Waals surface area contributed by atoms with Gasteiger partial charge in [-0.05, 0) is 55.7 Å². The number of benzene rings is 3. The average Bonchev–Trinajstić information content (AvgIpc) is 2.94. The third-order valence-corrected chi connectivity index (χ3v) is 8.28. The minimum Gasteiger partial charge on any atom is -0.352 e. The highest BCUT2D eigenvalue weighted by Crippen LogP contribution is 2.22. The van der Waals surface area contributed by atoms with E-state index in [-0.39, 0.29) is 55.8 Å². The van der Waals surface area contributed by atoms with Crippen LogP contribution in [-0.4, -0.2) is 50.0 Å². The normalized spacial score (nSPS) is 12.8. The van der Waals surface area contributed by atoms with E-state index in [0.717, 1.165) is 11.8 Å². The van der Waals surface area contributed by atoms with Crippen LogP contribution in [0, 0.1) is 5.82 Å². The van der Waals surface area contributed by atoms with Crippen molar-refractivity contribution in [3.05, 3.63) is 101 Å². The molecule has 0 spiro atoms. The van der Waals surface area contributed by atoms with Crippen LogP contribution in [0.5, 0.6) is 0 Å². The summed E-state index contributed by atoms with van der Waals surface area (Å²) in [5, 5.41) is 3.45. The third kappa shape index (κ3) is 9.57. The quantitative estimate of drug-likeness (QED) is 0.261. The number of hydrogen-bond acceptors (Lipinski definition) is 4. The number of carbonyl (C=O) groups excluding carboxylic acids is 2. The molecular formula is C31H37ClFN3O4S. The summed E-state index contributed by atoms with van der Waals surface area (Å²) in [5.74, 6) is -1.18. The monoisotopic (exact) mass is 601 g/mol. The first-order valence-electron chi connectivity index (χ1n) is 13.6. The second-order valence-electron chi connectivity index (χ2n) is 10.1. The van der Waals surface area contributed by atoms with E-state index in [1.165, 1.54) is 15.3 Å². The van der Waals surface area contributed by atoms with Crippen LogP contribution >= 0.6 is 11.6 Å². The van der Waals surface area contributed by atoms with Crippen molar-refractivity contribution < 1.29 is 22.4 Å². The minimum atomic E-state index is -3.64. The zero-order chi connectivity index (χ0) is 30.0. The lowest BCUT2D eigenvalue weighted by Gasteiger charge is -2.32. The number of halogens is 2. The van der Waals surface area contributed by atoms with Crippen molar-refractivity contribution >= 4 is 39.1 Å². The van der Waals surface area contributed by atoms with E-state index in [1.807, 2.05) is 44.2 Å². The molecule has 0 unspecified atom stereocenters. The zero-order valence-electron chi connectivity index (χ0n) is 23.6. The van der Waals surface area contributed by atoms with Crippen LogP contribution in [0.25, 0.3) is 0 Å².